The lowest BCUT2D eigenvalue weighted by Gasteiger charge is -2.22. The van der Waals surface area contributed by atoms with Gasteiger partial charge >= 0.3 is 0 Å². The third kappa shape index (κ3) is 2.58. The van der Waals surface area contributed by atoms with E-state index in [0.717, 1.165) is 17.3 Å². The maximum atomic E-state index is 4.52. The monoisotopic (exact) mass is 236 g/mol. The van der Waals surface area contributed by atoms with E-state index in [2.05, 4.69) is 42.1 Å². The van der Waals surface area contributed by atoms with Crippen LogP contribution in [0.4, 0.5) is 0 Å². The molecule has 2 heterocycles. The van der Waals surface area contributed by atoms with Crippen molar-refractivity contribution < 1.29 is 0 Å². The number of pyridine rings is 1. The van der Waals surface area contributed by atoms with Crippen LogP contribution in [0.1, 0.15) is 38.3 Å². The van der Waals surface area contributed by atoms with Crippen molar-refractivity contribution in [2.45, 2.75) is 37.8 Å². The molecule has 0 aromatic carbocycles. The van der Waals surface area contributed by atoms with Gasteiger partial charge in [-0.15, -0.1) is 11.8 Å². The molecule has 1 aliphatic rings. The molecule has 0 N–H and O–H groups in total. The van der Waals surface area contributed by atoms with Crippen molar-refractivity contribution in [1.29, 1.82) is 0 Å². The van der Waals surface area contributed by atoms with Gasteiger partial charge in [-0.05, 0) is 43.3 Å². The van der Waals surface area contributed by atoms with Gasteiger partial charge in [0.2, 0.25) is 0 Å². The molecule has 16 heavy (non-hydrogen) atoms. The molecule has 2 nitrogen and oxygen atoms in total. The van der Waals surface area contributed by atoms with Gasteiger partial charge in [0.1, 0.15) is 0 Å². The van der Waals surface area contributed by atoms with E-state index in [0.29, 0.717) is 6.04 Å². The molecular formula is C13H20N2S. The normalized spacial score (nSPS) is 21.5. The van der Waals surface area contributed by atoms with Gasteiger partial charge in [-0.25, -0.2) is 4.98 Å². The number of thioether (sulfide) groups is 1. The molecule has 1 aromatic rings. The summed E-state index contributed by atoms with van der Waals surface area (Å²) in [6.45, 7) is 6.80. The topological polar surface area (TPSA) is 16.1 Å². The summed E-state index contributed by atoms with van der Waals surface area (Å²) in [6, 6.07) is 5.03. The fourth-order valence-electron chi connectivity index (χ4n) is 2.40. The minimum absolute atomic E-state index is 0.609. The molecule has 0 bridgehead atoms. The number of aromatic nitrogens is 1. The molecule has 0 unspecified atom stereocenters. The summed E-state index contributed by atoms with van der Waals surface area (Å²) < 4.78 is 0. The Morgan fingerprint density at radius 2 is 2.31 bits per heavy atom. The second-order valence-corrected chi connectivity index (χ2v) is 5.43. The van der Waals surface area contributed by atoms with E-state index < -0.39 is 0 Å². The van der Waals surface area contributed by atoms with Crippen molar-refractivity contribution in [1.82, 2.24) is 9.88 Å². The molecule has 0 radical (unpaired) electrons. The number of rotatable bonds is 4. The van der Waals surface area contributed by atoms with Crippen LogP contribution in [0.2, 0.25) is 0 Å². The second kappa shape index (κ2) is 5.69. The highest BCUT2D eigenvalue weighted by molar-refractivity contribution is 7.99. The first kappa shape index (κ1) is 11.9. The summed E-state index contributed by atoms with van der Waals surface area (Å²) >= 11 is 1.81. The molecule has 0 aliphatic carbocycles. The maximum Gasteiger partial charge on any atom is 0.0959 e. The van der Waals surface area contributed by atoms with Gasteiger partial charge in [-0.1, -0.05) is 19.9 Å². The fraction of sp³-hybridized carbons (Fsp3) is 0.615. The van der Waals surface area contributed by atoms with E-state index in [1.807, 2.05) is 11.8 Å². The Kier molecular flexibility index (Phi) is 4.24. The Morgan fingerprint density at radius 1 is 1.44 bits per heavy atom. The van der Waals surface area contributed by atoms with Crippen molar-refractivity contribution in [3.05, 3.63) is 23.9 Å². The third-order valence-electron chi connectivity index (χ3n) is 3.21. The van der Waals surface area contributed by atoms with Crippen molar-refractivity contribution in [2.24, 2.45) is 0 Å². The smallest absolute Gasteiger partial charge is 0.0959 e. The number of hydrogen-bond acceptors (Lipinski definition) is 3. The van der Waals surface area contributed by atoms with Gasteiger partial charge in [0.25, 0.3) is 0 Å². The van der Waals surface area contributed by atoms with Crippen molar-refractivity contribution in [3.63, 3.8) is 0 Å². The molecule has 1 saturated heterocycles. The summed E-state index contributed by atoms with van der Waals surface area (Å²) in [6.07, 6.45) is 4.68. The van der Waals surface area contributed by atoms with Gasteiger partial charge in [0.05, 0.1) is 5.03 Å². The number of nitrogens with zero attached hydrogens (tertiary/aromatic N) is 2. The van der Waals surface area contributed by atoms with Crippen LogP contribution >= 0.6 is 11.8 Å². The summed E-state index contributed by atoms with van der Waals surface area (Å²) in [7, 11) is 0. The van der Waals surface area contributed by atoms with Crippen LogP contribution in [0.25, 0.3) is 0 Å². The summed E-state index contributed by atoms with van der Waals surface area (Å²) in [5, 5.41) is 1.15. The largest absolute Gasteiger partial charge is 0.297 e. The highest BCUT2D eigenvalue weighted by Crippen LogP contribution is 2.31. The highest BCUT2D eigenvalue weighted by Gasteiger charge is 2.24. The van der Waals surface area contributed by atoms with Crippen LogP contribution in [-0.2, 0) is 0 Å². The van der Waals surface area contributed by atoms with E-state index in [1.54, 1.807) is 0 Å². The zero-order valence-electron chi connectivity index (χ0n) is 10.1. The fourth-order valence-corrected chi connectivity index (χ4v) is 2.99. The number of hydrogen-bond donors (Lipinski definition) is 0. The lowest BCUT2D eigenvalue weighted by Crippen LogP contribution is -2.22. The van der Waals surface area contributed by atoms with Crippen LogP contribution in [-0.4, -0.2) is 28.7 Å². The zero-order valence-corrected chi connectivity index (χ0v) is 11.0. The Labute approximate surface area is 102 Å². The van der Waals surface area contributed by atoms with Crippen molar-refractivity contribution >= 4 is 11.8 Å². The standard InChI is InChI=1S/C13H20N2S/c1-3-15-9-5-6-12(15)11-7-8-13(14-10-11)16-4-2/h7-8,10,12H,3-6,9H2,1-2H3/t12-/m1/s1. The lowest BCUT2D eigenvalue weighted by atomic mass is 10.1. The average molecular weight is 236 g/mol. The number of likely N-dealkylation sites (tertiary alicyclic amines) is 1. The van der Waals surface area contributed by atoms with E-state index in [9.17, 15) is 0 Å². The van der Waals surface area contributed by atoms with E-state index >= 15 is 0 Å². The van der Waals surface area contributed by atoms with Gasteiger partial charge in [-0.3, -0.25) is 4.90 Å². The lowest BCUT2D eigenvalue weighted by molar-refractivity contribution is 0.271. The first-order valence-electron chi connectivity index (χ1n) is 6.18. The first-order valence-corrected chi connectivity index (χ1v) is 7.16. The van der Waals surface area contributed by atoms with Crippen molar-refractivity contribution in [3.8, 4) is 0 Å². The van der Waals surface area contributed by atoms with E-state index in [1.165, 1.54) is 24.9 Å². The predicted octanol–water partition coefficient (Wildman–Crippen LogP) is 3.35. The molecule has 1 fully saturated rings. The maximum absolute atomic E-state index is 4.52. The molecule has 88 valence electrons. The first-order chi connectivity index (χ1) is 7.85. The molecule has 0 saturated carbocycles. The van der Waals surface area contributed by atoms with Crippen LogP contribution in [0, 0.1) is 0 Å². The van der Waals surface area contributed by atoms with Gasteiger partial charge in [-0.2, -0.15) is 0 Å². The van der Waals surface area contributed by atoms with Gasteiger partial charge in [0.15, 0.2) is 0 Å². The Balaban J connectivity index is 2.08. The average Bonchev–Trinajstić information content (AvgIpc) is 2.78. The molecule has 1 atom stereocenters. The summed E-state index contributed by atoms with van der Waals surface area (Å²) in [5.74, 6) is 1.09. The molecule has 3 heteroatoms. The van der Waals surface area contributed by atoms with Crippen LogP contribution < -0.4 is 0 Å². The van der Waals surface area contributed by atoms with Gasteiger partial charge < -0.3 is 0 Å². The third-order valence-corrected chi connectivity index (χ3v) is 4.03. The molecule has 0 amide bonds. The van der Waals surface area contributed by atoms with Crippen LogP contribution in [0.3, 0.4) is 0 Å². The predicted molar refractivity (Wildman–Crippen MR) is 69.9 cm³/mol. The summed E-state index contributed by atoms with van der Waals surface area (Å²) in [5.41, 5.74) is 1.39. The minimum Gasteiger partial charge on any atom is -0.297 e. The second-order valence-electron chi connectivity index (χ2n) is 4.15. The van der Waals surface area contributed by atoms with Gasteiger partial charge in [0, 0.05) is 12.2 Å². The Morgan fingerprint density at radius 3 is 2.94 bits per heavy atom. The molecular weight excluding hydrogens is 216 g/mol. The van der Waals surface area contributed by atoms with Crippen LogP contribution in [0.5, 0.6) is 0 Å². The van der Waals surface area contributed by atoms with Crippen molar-refractivity contribution in [2.75, 3.05) is 18.8 Å². The quantitative estimate of drug-likeness (QED) is 0.746. The SMILES string of the molecule is CCSc1ccc([C@H]2CCCN2CC)cn1. The molecule has 2 rings (SSSR count). The summed E-state index contributed by atoms with van der Waals surface area (Å²) in [4.78, 5) is 7.06. The van der Waals surface area contributed by atoms with Crippen LogP contribution in [0.15, 0.2) is 23.4 Å². The van der Waals surface area contributed by atoms with E-state index in [-0.39, 0.29) is 0 Å². The molecule has 1 aliphatic heterocycles. The Hall–Kier alpha value is -0.540. The van der Waals surface area contributed by atoms with E-state index in [4.69, 9.17) is 0 Å². The highest BCUT2D eigenvalue weighted by atomic mass is 32.2. The Bertz CT molecular complexity index is 323. The zero-order chi connectivity index (χ0) is 11.4. The molecule has 1 aromatic heterocycles. The molecule has 0 spiro atoms. The minimum atomic E-state index is 0.609.